The Hall–Kier alpha value is -1.70. The fourth-order valence-corrected chi connectivity index (χ4v) is 3.89. The first-order chi connectivity index (χ1) is 12.0. The molecule has 3 heterocycles. The summed E-state index contributed by atoms with van der Waals surface area (Å²) >= 11 is 1.70. The molecule has 1 fully saturated rings. The van der Waals surface area contributed by atoms with E-state index in [-0.39, 0.29) is 11.9 Å². The van der Waals surface area contributed by atoms with Gasteiger partial charge >= 0.3 is 0 Å². The van der Waals surface area contributed by atoms with Gasteiger partial charge < -0.3 is 9.42 Å². The highest BCUT2D eigenvalue weighted by molar-refractivity contribution is 7.10. The summed E-state index contributed by atoms with van der Waals surface area (Å²) in [5.41, 5.74) is 0.978. The number of amides is 1. The molecule has 1 atom stereocenters. The quantitative estimate of drug-likeness (QED) is 0.790. The summed E-state index contributed by atoms with van der Waals surface area (Å²) in [6.45, 7) is 9.01. The molecule has 0 spiro atoms. The van der Waals surface area contributed by atoms with Crippen LogP contribution < -0.4 is 0 Å². The minimum absolute atomic E-state index is 0.129. The minimum Gasteiger partial charge on any atom is -0.361 e. The molecule has 0 saturated carbocycles. The molecular weight excluding hydrogens is 336 g/mol. The van der Waals surface area contributed by atoms with Gasteiger partial charge in [0.1, 0.15) is 5.76 Å². The topological polar surface area (TPSA) is 52.8 Å². The standard InChI is InChI=1S/C18H26N4O2S/c1-14-11-16(19-24-14)12-21-6-8-22(9-7-21)13-18(23)20(3)15(2)17-5-4-10-25-17/h4-5,10-11,15H,6-9,12-13H2,1-3H3. The molecule has 1 aliphatic heterocycles. The molecule has 7 heteroatoms. The van der Waals surface area contributed by atoms with E-state index in [9.17, 15) is 4.79 Å². The first kappa shape index (κ1) is 18.1. The lowest BCUT2D eigenvalue weighted by molar-refractivity contribution is -0.133. The zero-order valence-corrected chi connectivity index (χ0v) is 16.0. The Balaban J connectivity index is 1.44. The van der Waals surface area contributed by atoms with Gasteiger partial charge in [-0.1, -0.05) is 11.2 Å². The van der Waals surface area contributed by atoms with Crippen LogP contribution in [-0.2, 0) is 11.3 Å². The molecule has 1 amide bonds. The summed E-state index contributed by atoms with van der Waals surface area (Å²) in [6, 6.07) is 6.23. The van der Waals surface area contributed by atoms with Crippen molar-refractivity contribution in [3.05, 3.63) is 39.9 Å². The van der Waals surface area contributed by atoms with Crippen LogP contribution in [-0.4, -0.2) is 65.5 Å². The van der Waals surface area contributed by atoms with Crippen molar-refractivity contribution >= 4 is 17.2 Å². The van der Waals surface area contributed by atoms with Gasteiger partial charge in [-0.15, -0.1) is 11.3 Å². The number of piperazine rings is 1. The maximum Gasteiger partial charge on any atom is 0.237 e. The smallest absolute Gasteiger partial charge is 0.237 e. The lowest BCUT2D eigenvalue weighted by atomic mass is 10.2. The summed E-state index contributed by atoms with van der Waals surface area (Å²) < 4.78 is 5.12. The van der Waals surface area contributed by atoms with Gasteiger partial charge in [0.25, 0.3) is 0 Å². The van der Waals surface area contributed by atoms with E-state index in [1.165, 1.54) is 4.88 Å². The molecule has 1 aliphatic rings. The van der Waals surface area contributed by atoms with Gasteiger partial charge in [-0.25, -0.2) is 0 Å². The Morgan fingerprint density at radius 3 is 2.68 bits per heavy atom. The first-order valence-corrected chi connectivity index (χ1v) is 9.57. The number of thiophene rings is 1. The van der Waals surface area contributed by atoms with E-state index in [1.807, 2.05) is 31.0 Å². The SMILES string of the molecule is Cc1cc(CN2CCN(CC(=O)N(C)C(C)c3cccs3)CC2)no1. The number of hydrogen-bond donors (Lipinski definition) is 0. The van der Waals surface area contributed by atoms with Gasteiger partial charge in [0.05, 0.1) is 18.3 Å². The highest BCUT2D eigenvalue weighted by Crippen LogP contribution is 2.23. The number of aromatic nitrogens is 1. The Morgan fingerprint density at radius 1 is 1.36 bits per heavy atom. The van der Waals surface area contributed by atoms with Crippen LogP contribution in [0.5, 0.6) is 0 Å². The normalized spacial score (nSPS) is 17.6. The van der Waals surface area contributed by atoms with Crippen LogP contribution in [0.3, 0.4) is 0 Å². The van der Waals surface area contributed by atoms with Gasteiger partial charge in [-0.05, 0) is 25.3 Å². The van der Waals surface area contributed by atoms with Crippen LogP contribution in [0.25, 0.3) is 0 Å². The third-order valence-electron chi connectivity index (χ3n) is 4.82. The molecule has 0 radical (unpaired) electrons. The number of hydrogen-bond acceptors (Lipinski definition) is 6. The van der Waals surface area contributed by atoms with Crippen molar-refractivity contribution in [2.24, 2.45) is 0 Å². The van der Waals surface area contributed by atoms with E-state index in [0.717, 1.165) is 44.2 Å². The molecule has 1 saturated heterocycles. The number of carbonyl (C=O) groups excluding carboxylic acids is 1. The molecule has 1 unspecified atom stereocenters. The van der Waals surface area contributed by atoms with Crippen LogP contribution in [0.1, 0.15) is 29.3 Å². The molecule has 0 aliphatic carbocycles. The van der Waals surface area contributed by atoms with E-state index < -0.39 is 0 Å². The van der Waals surface area contributed by atoms with Gasteiger partial charge in [-0.2, -0.15) is 0 Å². The maximum absolute atomic E-state index is 12.6. The summed E-state index contributed by atoms with van der Waals surface area (Å²) in [4.78, 5) is 20.3. The van der Waals surface area contributed by atoms with Crippen LogP contribution in [0.4, 0.5) is 0 Å². The van der Waals surface area contributed by atoms with Crippen molar-refractivity contribution < 1.29 is 9.32 Å². The number of nitrogens with zero attached hydrogens (tertiary/aromatic N) is 4. The molecular formula is C18H26N4O2S. The monoisotopic (exact) mass is 362 g/mol. The first-order valence-electron chi connectivity index (χ1n) is 8.69. The number of rotatable bonds is 6. The van der Waals surface area contributed by atoms with Crippen molar-refractivity contribution in [1.29, 1.82) is 0 Å². The molecule has 0 bridgehead atoms. The molecule has 2 aromatic rings. The maximum atomic E-state index is 12.6. The van der Waals surface area contributed by atoms with Crippen LogP contribution in [0.15, 0.2) is 28.1 Å². The van der Waals surface area contributed by atoms with Crippen LogP contribution >= 0.6 is 11.3 Å². The van der Waals surface area contributed by atoms with Gasteiger partial charge in [-0.3, -0.25) is 14.6 Å². The fourth-order valence-electron chi connectivity index (χ4n) is 3.07. The number of aryl methyl sites for hydroxylation is 1. The van der Waals surface area contributed by atoms with Gasteiger partial charge in [0.2, 0.25) is 5.91 Å². The second-order valence-corrected chi connectivity index (χ2v) is 7.66. The van der Waals surface area contributed by atoms with Gasteiger partial charge in [0.15, 0.2) is 0 Å². The lowest BCUT2D eigenvalue weighted by Crippen LogP contribution is -2.49. The predicted molar refractivity (Wildman–Crippen MR) is 98.5 cm³/mol. The molecule has 25 heavy (non-hydrogen) atoms. The predicted octanol–water partition coefficient (Wildman–Crippen LogP) is 2.38. The zero-order valence-electron chi connectivity index (χ0n) is 15.1. The molecule has 0 aromatic carbocycles. The summed E-state index contributed by atoms with van der Waals surface area (Å²) in [6.07, 6.45) is 0. The summed E-state index contributed by atoms with van der Waals surface area (Å²) in [5, 5.41) is 6.11. The minimum atomic E-state index is 0.129. The number of carbonyl (C=O) groups is 1. The van der Waals surface area contributed by atoms with E-state index in [4.69, 9.17) is 4.52 Å². The summed E-state index contributed by atoms with van der Waals surface area (Å²) in [5.74, 6) is 1.03. The fraction of sp³-hybridized carbons (Fsp3) is 0.556. The van der Waals surface area contributed by atoms with Crippen molar-refractivity contribution in [2.75, 3.05) is 39.8 Å². The second-order valence-electron chi connectivity index (χ2n) is 6.68. The van der Waals surface area contributed by atoms with E-state index in [0.29, 0.717) is 6.54 Å². The largest absolute Gasteiger partial charge is 0.361 e. The van der Waals surface area contributed by atoms with E-state index in [1.54, 1.807) is 11.3 Å². The highest BCUT2D eigenvalue weighted by Gasteiger charge is 2.23. The Morgan fingerprint density at radius 2 is 2.08 bits per heavy atom. The molecule has 3 rings (SSSR count). The summed E-state index contributed by atoms with van der Waals surface area (Å²) in [7, 11) is 1.90. The Labute approximate surface area is 153 Å². The molecule has 6 nitrogen and oxygen atoms in total. The average Bonchev–Trinajstić information content (AvgIpc) is 3.27. The van der Waals surface area contributed by atoms with Crippen LogP contribution in [0.2, 0.25) is 0 Å². The molecule has 0 N–H and O–H groups in total. The molecule has 2 aromatic heterocycles. The third-order valence-corrected chi connectivity index (χ3v) is 5.86. The highest BCUT2D eigenvalue weighted by atomic mass is 32.1. The van der Waals surface area contributed by atoms with E-state index >= 15 is 0 Å². The van der Waals surface area contributed by atoms with Crippen molar-refractivity contribution in [3.8, 4) is 0 Å². The average molecular weight is 362 g/mol. The van der Waals surface area contributed by atoms with Gasteiger partial charge in [0, 0.05) is 50.7 Å². The molecule has 136 valence electrons. The zero-order chi connectivity index (χ0) is 17.8. The van der Waals surface area contributed by atoms with Crippen molar-refractivity contribution in [1.82, 2.24) is 19.9 Å². The lowest BCUT2D eigenvalue weighted by Gasteiger charge is -2.35. The van der Waals surface area contributed by atoms with Crippen molar-refractivity contribution in [2.45, 2.75) is 26.4 Å². The number of likely N-dealkylation sites (N-methyl/N-ethyl adjacent to an activating group) is 1. The Kier molecular flexibility index (Phi) is 5.88. The third kappa shape index (κ3) is 4.68. The Bertz CT molecular complexity index is 677. The van der Waals surface area contributed by atoms with Crippen LogP contribution in [0, 0.1) is 6.92 Å². The van der Waals surface area contributed by atoms with Crippen molar-refractivity contribution in [3.63, 3.8) is 0 Å². The second kappa shape index (κ2) is 8.12. The van der Waals surface area contributed by atoms with E-state index in [2.05, 4.69) is 33.3 Å².